The van der Waals surface area contributed by atoms with Gasteiger partial charge in [0.15, 0.2) is 5.17 Å². The molecule has 2 heterocycles. The van der Waals surface area contributed by atoms with Crippen molar-refractivity contribution < 1.29 is 14.3 Å². The zero-order chi connectivity index (χ0) is 24.2. The Kier molecular flexibility index (Phi) is 7.26. The first kappa shape index (κ1) is 23.9. The van der Waals surface area contributed by atoms with Crippen molar-refractivity contribution in [2.45, 2.75) is 40.2 Å². The number of aliphatic imine (C=N–C) groups is 1. The Bertz CT molecular complexity index is 1160. The minimum atomic E-state index is -0.335. The van der Waals surface area contributed by atoms with Crippen LogP contribution in [0.4, 0.5) is 16.2 Å². The Labute approximate surface area is 204 Å². The largest absolute Gasteiger partial charge is 0.463 e. The highest BCUT2D eigenvalue weighted by Crippen LogP contribution is 2.40. The smallest absolute Gasteiger partial charge is 0.338 e. The van der Waals surface area contributed by atoms with Crippen molar-refractivity contribution in [1.29, 1.82) is 0 Å². The number of amidine groups is 1. The topological polar surface area (TPSA) is 83.0 Å². The molecule has 0 saturated carbocycles. The second-order valence-electron chi connectivity index (χ2n) is 8.41. The highest BCUT2D eigenvalue weighted by atomic mass is 32.2. The summed E-state index contributed by atoms with van der Waals surface area (Å²) >= 11 is 1.72. The number of hydrogen-bond acceptors (Lipinski definition) is 6. The van der Waals surface area contributed by atoms with E-state index in [9.17, 15) is 9.59 Å². The number of allylic oxidation sites excluding steroid dienone is 1. The van der Waals surface area contributed by atoms with Crippen LogP contribution in [-0.2, 0) is 9.53 Å². The van der Waals surface area contributed by atoms with Gasteiger partial charge >= 0.3 is 12.0 Å². The number of thioether (sulfide) groups is 1. The first-order valence-electron chi connectivity index (χ1n) is 11.5. The van der Waals surface area contributed by atoms with E-state index in [0.717, 1.165) is 40.7 Å². The summed E-state index contributed by atoms with van der Waals surface area (Å²) in [5, 5.41) is 6.69. The van der Waals surface area contributed by atoms with E-state index < -0.39 is 0 Å². The van der Waals surface area contributed by atoms with Crippen LogP contribution in [0, 0.1) is 13.8 Å². The summed E-state index contributed by atoms with van der Waals surface area (Å²) in [7, 11) is 0. The van der Waals surface area contributed by atoms with E-state index in [0.29, 0.717) is 23.6 Å². The zero-order valence-electron chi connectivity index (χ0n) is 20.0. The van der Waals surface area contributed by atoms with Crippen LogP contribution in [0.2, 0.25) is 0 Å². The van der Waals surface area contributed by atoms with Gasteiger partial charge in [-0.05, 0) is 75.1 Å². The number of amides is 2. The summed E-state index contributed by atoms with van der Waals surface area (Å²) in [6.45, 7) is 8.86. The molecule has 34 heavy (non-hydrogen) atoms. The van der Waals surface area contributed by atoms with E-state index in [2.05, 4.69) is 15.5 Å². The third kappa shape index (κ3) is 5.12. The Hall–Kier alpha value is -3.26. The standard InChI is InChI=1S/C26H30N4O3S/c1-5-33-24(31)22-18(4)27-26-30(13-6-14-34-26)23(22)19-8-11-20(12-9-19)28-25(32)29-21-10-7-16(2)17(3)15-21/h7-12,15,23H,5-6,13-14H2,1-4H3,(H2,28,29,32). The van der Waals surface area contributed by atoms with Crippen molar-refractivity contribution in [3.8, 4) is 0 Å². The summed E-state index contributed by atoms with van der Waals surface area (Å²) in [6.07, 6.45) is 1.02. The van der Waals surface area contributed by atoms with Gasteiger partial charge in [-0.25, -0.2) is 14.6 Å². The predicted molar refractivity (Wildman–Crippen MR) is 138 cm³/mol. The van der Waals surface area contributed by atoms with Gasteiger partial charge in [0.2, 0.25) is 0 Å². The number of urea groups is 1. The summed E-state index contributed by atoms with van der Waals surface area (Å²) in [5.41, 5.74) is 5.93. The Morgan fingerprint density at radius 1 is 1.06 bits per heavy atom. The van der Waals surface area contributed by atoms with Crippen molar-refractivity contribution in [2.75, 3.05) is 29.5 Å². The van der Waals surface area contributed by atoms with Crippen LogP contribution < -0.4 is 10.6 Å². The molecular formula is C26H30N4O3S. The molecule has 1 atom stereocenters. The molecule has 1 unspecified atom stereocenters. The SMILES string of the molecule is CCOC(=O)C1=C(C)N=C2SCCCN2C1c1ccc(NC(=O)Nc2ccc(C)c(C)c2)cc1. The minimum absolute atomic E-state index is 0.266. The number of benzene rings is 2. The molecule has 4 rings (SSSR count). The average Bonchev–Trinajstić information content (AvgIpc) is 2.81. The molecule has 0 bridgehead atoms. The number of hydrogen-bond donors (Lipinski definition) is 2. The van der Waals surface area contributed by atoms with Gasteiger partial charge in [0.25, 0.3) is 0 Å². The number of anilines is 2. The molecule has 1 saturated heterocycles. The molecule has 1 fully saturated rings. The van der Waals surface area contributed by atoms with Gasteiger partial charge < -0.3 is 20.3 Å². The molecule has 2 aromatic carbocycles. The molecule has 2 aliphatic heterocycles. The molecule has 2 aliphatic rings. The lowest BCUT2D eigenvalue weighted by Gasteiger charge is -2.40. The zero-order valence-corrected chi connectivity index (χ0v) is 20.8. The normalized spacial score (nSPS) is 17.6. The van der Waals surface area contributed by atoms with Crippen molar-refractivity contribution in [2.24, 2.45) is 4.99 Å². The van der Waals surface area contributed by atoms with Crippen LogP contribution in [0.3, 0.4) is 0 Å². The average molecular weight is 479 g/mol. The molecule has 7 nitrogen and oxygen atoms in total. The number of fused-ring (bicyclic) bond motifs is 1. The first-order valence-corrected chi connectivity index (χ1v) is 12.5. The van der Waals surface area contributed by atoms with Gasteiger partial charge in [-0.2, -0.15) is 0 Å². The summed E-state index contributed by atoms with van der Waals surface area (Å²) < 4.78 is 5.37. The van der Waals surface area contributed by atoms with E-state index in [1.54, 1.807) is 18.7 Å². The highest BCUT2D eigenvalue weighted by molar-refractivity contribution is 8.13. The molecule has 0 aromatic heterocycles. The Morgan fingerprint density at radius 3 is 2.47 bits per heavy atom. The predicted octanol–water partition coefficient (Wildman–Crippen LogP) is 5.63. The van der Waals surface area contributed by atoms with Gasteiger partial charge in [-0.15, -0.1) is 0 Å². The third-order valence-electron chi connectivity index (χ3n) is 6.00. The number of aryl methyl sites for hydroxylation is 2. The number of nitrogens with zero attached hydrogens (tertiary/aromatic N) is 2. The molecule has 2 N–H and O–H groups in total. The maximum atomic E-state index is 12.8. The monoisotopic (exact) mass is 478 g/mol. The van der Waals surface area contributed by atoms with E-state index >= 15 is 0 Å². The van der Waals surface area contributed by atoms with Crippen LogP contribution in [-0.4, -0.2) is 41.0 Å². The van der Waals surface area contributed by atoms with Crippen LogP contribution in [0.1, 0.15) is 43.0 Å². The number of rotatable bonds is 5. The van der Waals surface area contributed by atoms with Gasteiger partial charge in [0.1, 0.15) is 0 Å². The second-order valence-corrected chi connectivity index (χ2v) is 9.47. The third-order valence-corrected chi connectivity index (χ3v) is 7.08. The molecule has 2 aromatic rings. The maximum absolute atomic E-state index is 12.8. The minimum Gasteiger partial charge on any atom is -0.463 e. The van der Waals surface area contributed by atoms with E-state index in [1.807, 2.05) is 63.2 Å². The van der Waals surface area contributed by atoms with Crippen molar-refractivity contribution >= 4 is 40.3 Å². The fourth-order valence-electron chi connectivity index (χ4n) is 4.15. The van der Waals surface area contributed by atoms with Crippen LogP contribution in [0.25, 0.3) is 0 Å². The van der Waals surface area contributed by atoms with Gasteiger partial charge in [-0.1, -0.05) is 30.0 Å². The lowest BCUT2D eigenvalue weighted by atomic mass is 9.94. The second kappa shape index (κ2) is 10.3. The van der Waals surface area contributed by atoms with E-state index in [1.165, 1.54) is 5.56 Å². The lowest BCUT2D eigenvalue weighted by Crippen LogP contribution is -2.42. The van der Waals surface area contributed by atoms with Crippen LogP contribution >= 0.6 is 11.8 Å². The van der Waals surface area contributed by atoms with E-state index in [4.69, 9.17) is 9.73 Å². The van der Waals surface area contributed by atoms with Crippen molar-refractivity contribution in [3.63, 3.8) is 0 Å². The van der Waals surface area contributed by atoms with E-state index in [-0.39, 0.29) is 18.0 Å². The van der Waals surface area contributed by atoms with Crippen LogP contribution in [0.5, 0.6) is 0 Å². The Morgan fingerprint density at radius 2 is 1.76 bits per heavy atom. The molecule has 8 heteroatoms. The quantitative estimate of drug-likeness (QED) is 0.544. The number of esters is 1. The molecule has 0 aliphatic carbocycles. The van der Waals surface area contributed by atoms with Crippen molar-refractivity contribution in [3.05, 3.63) is 70.4 Å². The molecule has 178 valence electrons. The summed E-state index contributed by atoms with van der Waals surface area (Å²) in [5.74, 6) is 0.682. The molecular weight excluding hydrogens is 448 g/mol. The first-order chi connectivity index (χ1) is 16.4. The Balaban J connectivity index is 1.54. The van der Waals surface area contributed by atoms with Crippen molar-refractivity contribution in [1.82, 2.24) is 4.90 Å². The summed E-state index contributed by atoms with van der Waals surface area (Å²) in [4.78, 5) is 32.2. The number of ether oxygens (including phenoxy) is 1. The highest BCUT2D eigenvalue weighted by Gasteiger charge is 2.37. The van der Waals surface area contributed by atoms with Gasteiger partial charge in [0, 0.05) is 23.7 Å². The summed E-state index contributed by atoms with van der Waals surface area (Å²) in [6, 6.07) is 12.9. The number of carbonyl (C=O) groups is 2. The van der Waals surface area contributed by atoms with Gasteiger partial charge in [-0.3, -0.25) is 0 Å². The molecule has 2 amide bonds. The maximum Gasteiger partial charge on any atom is 0.338 e. The fraction of sp³-hybridized carbons (Fsp3) is 0.346. The molecule has 0 spiro atoms. The number of carbonyl (C=O) groups excluding carboxylic acids is 2. The van der Waals surface area contributed by atoms with Gasteiger partial charge in [0.05, 0.1) is 23.9 Å². The lowest BCUT2D eigenvalue weighted by molar-refractivity contribution is -0.139. The molecule has 0 radical (unpaired) electrons. The van der Waals surface area contributed by atoms with Crippen LogP contribution in [0.15, 0.2) is 58.7 Å². The number of nitrogens with one attached hydrogen (secondary N) is 2. The fourth-order valence-corrected chi connectivity index (χ4v) is 5.17.